The molecule has 0 spiro atoms. The van der Waals surface area contributed by atoms with Crippen molar-refractivity contribution in [3.63, 3.8) is 0 Å². The molecule has 140 valence electrons. The molecule has 27 heavy (non-hydrogen) atoms. The van der Waals surface area contributed by atoms with Gasteiger partial charge in [-0.1, -0.05) is 30.3 Å². The van der Waals surface area contributed by atoms with Gasteiger partial charge in [0.15, 0.2) is 23.1 Å². The first-order valence-electron chi connectivity index (χ1n) is 8.47. The van der Waals surface area contributed by atoms with Gasteiger partial charge in [-0.3, -0.25) is 0 Å². The second-order valence-corrected chi connectivity index (χ2v) is 6.11. The summed E-state index contributed by atoms with van der Waals surface area (Å²) < 4.78 is 51.5. The van der Waals surface area contributed by atoms with E-state index in [4.69, 9.17) is 9.47 Å². The Morgan fingerprint density at radius 1 is 0.667 bits per heavy atom. The predicted octanol–water partition coefficient (Wildman–Crippen LogP) is 5.57. The monoisotopic (exact) mass is 372 g/mol. The maximum Gasteiger partial charge on any atom is 0.201 e. The highest BCUT2D eigenvalue weighted by Gasteiger charge is 2.15. The molecule has 0 radical (unpaired) electrons. The normalized spacial score (nSPS) is 10.7. The molecule has 0 bridgehead atoms. The van der Waals surface area contributed by atoms with Crippen LogP contribution in [0.5, 0.6) is 11.5 Å². The molecule has 0 saturated carbocycles. The number of methoxy groups -OCH3 is 2. The Morgan fingerprint density at radius 3 is 1.89 bits per heavy atom. The summed E-state index contributed by atoms with van der Waals surface area (Å²) in [4.78, 5) is 0. The van der Waals surface area contributed by atoms with E-state index in [0.29, 0.717) is 18.4 Å². The predicted molar refractivity (Wildman–Crippen MR) is 98.7 cm³/mol. The molecule has 0 saturated heterocycles. The van der Waals surface area contributed by atoms with E-state index in [1.54, 1.807) is 18.2 Å². The van der Waals surface area contributed by atoms with E-state index >= 15 is 0 Å². The third kappa shape index (κ3) is 4.08. The first kappa shape index (κ1) is 18.8. The summed E-state index contributed by atoms with van der Waals surface area (Å²) in [6, 6.07) is 15.0. The first-order chi connectivity index (χ1) is 13.0. The maximum absolute atomic E-state index is 14.2. The number of halogens is 3. The summed E-state index contributed by atoms with van der Waals surface area (Å²) in [5.41, 5.74) is 2.63. The Balaban J connectivity index is 1.72. The summed E-state index contributed by atoms with van der Waals surface area (Å²) in [6.45, 7) is 0. The number of hydrogen-bond donors (Lipinski definition) is 0. The average molecular weight is 372 g/mol. The number of hydrogen-bond acceptors (Lipinski definition) is 2. The largest absolute Gasteiger partial charge is 0.494 e. The van der Waals surface area contributed by atoms with E-state index in [9.17, 15) is 13.2 Å². The van der Waals surface area contributed by atoms with Crippen molar-refractivity contribution in [2.24, 2.45) is 0 Å². The van der Waals surface area contributed by atoms with Crippen molar-refractivity contribution in [3.8, 4) is 22.6 Å². The SMILES string of the molecule is COc1ccc(CCc2ccc(-c3ccc(OC)c(F)c3F)cc2)cc1F. The van der Waals surface area contributed by atoms with Gasteiger partial charge in [-0.25, -0.2) is 8.78 Å². The van der Waals surface area contributed by atoms with E-state index < -0.39 is 11.6 Å². The Kier molecular flexibility index (Phi) is 5.69. The van der Waals surface area contributed by atoms with Crippen molar-refractivity contribution in [1.82, 2.24) is 0 Å². The molecule has 0 N–H and O–H groups in total. The molecule has 0 amide bonds. The van der Waals surface area contributed by atoms with Gasteiger partial charge in [0.2, 0.25) is 5.82 Å². The summed E-state index contributed by atoms with van der Waals surface area (Å²) in [5.74, 6) is -2.23. The van der Waals surface area contributed by atoms with Crippen LogP contribution < -0.4 is 9.47 Å². The number of rotatable bonds is 6. The van der Waals surface area contributed by atoms with Gasteiger partial charge in [0.25, 0.3) is 0 Å². The second kappa shape index (κ2) is 8.16. The molecule has 0 aliphatic heterocycles. The zero-order valence-corrected chi connectivity index (χ0v) is 15.1. The zero-order valence-electron chi connectivity index (χ0n) is 15.1. The smallest absolute Gasteiger partial charge is 0.201 e. The highest BCUT2D eigenvalue weighted by atomic mass is 19.2. The summed E-state index contributed by atoms with van der Waals surface area (Å²) >= 11 is 0. The van der Waals surface area contributed by atoms with E-state index in [-0.39, 0.29) is 22.9 Å². The maximum atomic E-state index is 14.2. The number of ether oxygens (including phenoxy) is 2. The van der Waals surface area contributed by atoms with Crippen molar-refractivity contribution < 1.29 is 22.6 Å². The Morgan fingerprint density at radius 2 is 1.26 bits per heavy atom. The lowest BCUT2D eigenvalue weighted by Gasteiger charge is -2.09. The molecule has 0 aliphatic rings. The lowest BCUT2D eigenvalue weighted by molar-refractivity contribution is 0.372. The molecule has 0 aliphatic carbocycles. The standard InChI is InChI=1S/C22H19F3O2/c1-26-19-11-7-15(13-18(19)23)4-3-14-5-8-16(9-6-14)17-10-12-20(27-2)22(25)21(17)24/h5-13H,3-4H2,1-2H3. The molecular weight excluding hydrogens is 353 g/mol. The van der Waals surface area contributed by atoms with Gasteiger partial charge < -0.3 is 9.47 Å². The third-order valence-electron chi connectivity index (χ3n) is 4.45. The molecule has 0 aromatic heterocycles. The highest BCUT2D eigenvalue weighted by Crippen LogP contribution is 2.30. The minimum atomic E-state index is -0.999. The molecular formula is C22H19F3O2. The number of benzene rings is 3. The molecule has 0 atom stereocenters. The fourth-order valence-electron chi connectivity index (χ4n) is 2.92. The van der Waals surface area contributed by atoms with Crippen LogP contribution in [0.15, 0.2) is 54.6 Å². The van der Waals surface area contributed by atoms with Crippen molar-refractivity contribution >= 4 is 0 Å². The third-order valence-corrected chi connectivity index (χ3v) is 4.45. The Bertz CT molecular complexity index is 937. The first-order valence-corrected chi connectivity index (χ1v) is 8.47. The Hall–Kier alpha value is -2.95. The molecule has 3 rings (SSSR count). The molecule has 5 heteroatoms. The van der Waals surface area contributed by atoms with Crippen molar-refractivity contribution in [2.75, 3.05) is 14.2 Å². The minimum absolute atomic E-state index is 0.125. The van der Waals surface area contributed by atoms with E-state index in [1.807, 2.05) is 18.2 Å². The van der Waals surface area contributed by atoms with Crippen LogP contribution in [-0.4, -0.2) is 14.2 Å². The quantitative estimate of drug-likeness (QED) is 0.563. The van der Waals surface area contributed by atoms with Crippen LogP contribution in [0.1, 0.15) is 11.1 Å². The molecule has 3 aromatic carbocycles. The van der Waals surface area contributed by atoms with Crippen LogP contribution in [0, 0.1) is 17.5 Å². The van der Waals surface area contributed by atoms with Crippen LogP contribution in [-0.2, 0) is 12.8 Å². The van der Waals surface area contributed by atoms with Crippen LogP contribution >= 0.6 is 0 Å². The minimum Gasteiger partial charge on any atom is -0.494 e. The Labute approximate surface area is 156 Å². The van der Waals surface area contributed by atoms with Gasteiger partial charge >= 0.3 is 0 Å². The lowest BCUT2D eigenvalue weighted by atomic mass is 9.99. The lowest BCUT2D eigenvalue weighted by Crippen LogP contribution is -1.96. The van der Waals surface area contributed by atoms with Gasteiger partial charge in [0.1, 0.15) is 0 Å². The van der Waals surface area contributed by atoms with Gasteiger partial charge in [-0.15, -0.1) is 0 Å². The van der Waals surface area contributed by atoms with Gasteiger partial charge in [-0.2, -0.15) is 4.39 Å². The molecule has 3 aromatic rings. The van der Waals surface area contributed by atoms with E-state index in [2.05, 4.69) is 0 Å². The highest BCUT2D eigenvalue weighted by molar-refractivity contribution is 5.65. The van der Waals surface area contributed by atoms with Crippen molar-refractivity contribution in [3.05, 3.63) is 83.2 Å². The molecule has 0 fully saturated rings. The van der Waals surface area contributed by atoms with Gasteiger partial charge in [0, 0.05) is 5.56 Å². The average Bonchev–Trinajstić information content (AvgIpc) is 2.69. The van der Waals surface area contributed by atoms with Crippen LogP contribution in [0.3, 0.4) is 0 Å². The molecule has 2 nitrogen and oxygen atoms in total. The fourth-order valence-corrected chi connectivity index (χ4v) is 2.92. The van der Waals surface area contributed by atoms with Gasteiger partial charge in [0.05, 0.1) is 14.2 Å². The number of aryl methyl sites for hydroxylation is 2. The summed E-state index contributed by atoms with van der Waals surface area (Å²) in [5, 5.41) is 0. The van der Waals surface area contributed by atoms with Crippen molar-refractivity contribution in [1.29, 1.82) is 0 Å². The summed E-state index contributed by atoms with van der Waals surface area (Å²) in [7, 11) is 2.72. The van der Waals surface area contributed by atoms with Crippen LogP contribution in [0.2, 0.25) is 0 Å². The van der Waals surface area contributed by atoms with E-state index in [1.165, 1.54) is 32.4 Å². The van der Waals surface area contributed by atoms with E-state index in [0.717, 1.165) is 11.1 Å². The van der Waals surface area contributed by atoms with Gasteiger partial charge in [-0.05, 0) is 53.8 Å². The summed E-state index contributed by atoms with van der Waals surface area (Å²) in [6.07, 6.45) is 1.36. The van der Waals surface area contributed by atoms with Crippen LogP contribution in [0.4, 0.5) is 13.2 Å². The zero-order chi connectivity index (χ0) is 19.4. The topological polar surface area (TPSA) is 18.5 Å². The second-order valence-electron chi connectivity index (χ2n) is 6.11. The molecule has 0 unspecified atom stereocenters. The molecule has 0 heterocycles. The fraction of sp³-hybridized carbons (Fsp3) is 0.182. The van der Waals surface area contributed by atoms with Crippen LogP contribution in [0.25, 0.3) is 11.1 Å². The van der Waals surface area contributed by atoms with Crippen molar-refractivity contribution in [2.45, 2.75) is 12.8 Å².